The Bertz CT molecular complexity index is 611. The molecule has 0 atom stereocenters. The molecule has 0 aliphatic heterocycles. The van der Waals surface area contributed by atoms with Crippen molar-refractivity contribution in [3.63, 3.8) is 0 Å². The van der Waals surface area contributed by atoms with Crippen LogP contribution < -0.4 is 5.32 Å². The number of amides is 1. The summed E-state index contributed by atoms with van der Waals surface area (Å²) >= 11 is 3.21. The van der Waals surface area contributed by atoms with E-state index in [1.807, 2.05) is 0 Å². The first-order valence-electron chi connectivity index (χ1n) is 4.73. The normalized spacial score (nSPS) is 10.1. The first kappa shape index (κ1) is 12.2. The third kappa shape index (κ3) is 2.54. The van der Waals surface area contributed by atoms with Gasteiger partial charge in [-0.1, -0.05) is 0 Å². The van der Waals surface area contributed by atoms with E-state index in [-0.39, 0.29) is 5.76 Å². The Balaban J connectivity index is 2.17. The minimum absolute atomic E-state index is 0.134. The van der Waals surface area contributed by atoms with Gasteiger partial charge in [0, 0.05) is 12.4 Å². The minimum atomic E-state index is -0.709. The average Bonchev–Trinajstić information content (AvgIpc) is 2.81. The maximum atomic E-state index is 11.7. The van der Waals surface area contributed by atoms with E-state index in [0.717, 1.165) is 6.07 Å². The van der Waals surface area contributed by atoms with E-state index in [2.05, 4.69) is 26.2 Å². The lowest BCUT2D eigenvalue weighted by Gasteiger charge is -2.03. The van der Waals surface area contributed by atoms with E-state index in [9.17, 15) is 14.9 Å². The van der Waals surface area contributed by atoms with Gasteiger partial charge in [0.15, 0.2) is 5.76 Å². The molecule has 1 N–H and O–H groups in total. The molecule has 0 spiro atoms. The van der Waals surface area contributed by atoms with E-state index in [4.69, 9.17) is 4.42 Å². The molecule has 0 aliphatic carbocycles. The van der Waals surface area contributed by atoms with Crippen LogP contribution in [0, 0.1) is 10.1 Å². The topological polar surface area (TPSA) is 98.3 Å². The number of carbonyl (C=O) groups excluding carboxylic acids is 1. The summed E-state index contributed by atoms with van der Waals surface area (Å²) in [6.45, 7) is 0. The highest BCUT2D eigenvalue weighted by molar-refractivity contribution is 9.10. The Hall–Kier alpha value is -2.22. The number of aromatic nitrogens is 1. The standard InChI is InChI=1S/C10H6BrN3O4/c11-6-5-12-4-3-7(6)13-10(15)8-1-2-9(18-8)14(16)17/h1-5H,(H,12,13,15). The minimum Gasteiger partial charge on any atom is -0.395 e. The second-order valence-corrected chi connectivity index (χ2v) is 4.06. The Morgan fingerprint density at radius 1 is 1.44 bits per heavy atom. The van der Waals surface area contributed by atoms with Crippen LogP contribution in [0.5, 0.6) is 0 Å². The highest BCUT2D eigenvalue weighted by Crippen LogP contribution is 2.22. The fourth-order valence-electron chi connectivity index (χ4n) is 1.21. The van der Waals surface area contributed by atoms with E-state index >= 15 is 0 Å². The third-order valence-electron chi connectivity index (χ3n) is 2.02. The molecule has 2 aromatic heterocycles. The van der Waals surface area contributed by atoms with Crippen LogP contribution in [0.3, 0.4) is 0 Å². The first-order chi connectivity index (χ1) is 8.58. The van der Waals surface area contributed by atoms with Gasteiger partial charge < -0.3 is 9.73 Å². The lowest BCUT2D eigenvalue weighted by Crippen LogP contribution is -2.11. The molecule has 8 heteroatoms. The van der Waals surface area contributed by atoms with Gasteiger partial charge in [0.25, 0.3) is 5.91 Å². The summed E-state index contributed by atoms with van der Waals surface area (Å²) in [6.07, 6.45) is 3.02. The highest BCUT2D eigenvalue weighted by atomic mass is 79.9. The number of carbonyl (C=O) groups is 1. The molecular formula is C10H6BrN3O4. The van der Waals surface area contributed by atoms with Crippen LogP contribution in [0.15, 0.2) is 39.5 Å². The average molecular weight is 312 g/mol. The molecule has 0 bridgehead atoms. The van der Waals surface area contributed by atoms with E-state index in [1.54, 1.807) is 6.07 Å². The Morgan fingerprint density at radius 2 is 2.22 bits per heavy atom. The van der Waals surface area contributed by atoms with Crippen molar-refractivity contribution < 1.29 is 14.1 Å². The van der Waals surface area contributed by atoms with Crippen molar-refractivity contribution in [1.82, 2.24) is 4.98 Å². The summed E-state index contributed by atoms with van der Waals surface area (Å²) in [7, 11) is 0. The third-order valence-corrected chi connectivity index (χ3v) is 2.65. The predicted molar refractivity (Wildman–Crippen MR) is 65.3 cm³/mol. The summed E-state index contributed by atoms with van der Waals surface area (Å²) < 4.78 is 5.37. The molecule has 1 amide bonds. The van der Waals surface area contributed by atoms with Gasteiger partial charge in [-0.05, 0) is 28.1 Å². The van der Waals surface area contributed by atoms with Crippen LogP contribution in [-0.4, -0.2) is 15.8 Å². The number of pyridine rings is 1. The molecule has 0 unspecified atom stereocenters. The molecule has 0 radical (unpaired) electrons. The lowest BCUT2D eigenvalue weighted by molar-refractivity contribution is -0.402. The van der Waals surface area contributed by atoms with Crippen LogP contribution >= 0.6 is 15.9 Å². The van der Waals surface area contributed by atoms with Gasteiger partial charge in [0.2, 0.25) is 0 Å². The fraction of sp³-hybridized carbons (Fsp3) is 0. The smallest absolute Gasteiger partial charge is 0.395 e. The van der Waals surface area contributed by atoms with Gasteiger partial charge in [-0.25, -0.2) is 0 Å². The lowest BCUT2D eigenvalue weighted by atomic mass is 10.3. The zero-order chi connectivity index (χ0) is 13.1. The molecule has 0 aromatic carbocycles. The summed E-state index contributed by atoms with van der Waals surface area (Å²) in [5.41, 5.74) is 0.494. The number of nitro groups is 1. The molecule has 0 aliphatic rings. The number of hydrogen-bond acceptors (Lipinski definition) is 5. The number of nitrogens with zero attached hydrogens (tertiary/aromatic N) is 2. The molecule has 0 fully saturated rings. The molecule has 2 aromatic rings. The van der Waals surface area contributed by atoms with Crippen molar-refractivity contribution in [1.29, 1.82) is 0 Å². The van der Waals surface area contributed by atoms with Gasteiger partial charge in [-0.3, -0.25) is 19.9 Å². The largest absolute Gasteiger partial charge is 0.433 e. The molecule has 0 saturated heterocycles. The maximum absolute atomic E-state index is 11.7. The van der Waals surface area contributed by atoms with Crippen LogP contribution in [-0.2, 0) is 0 Å². The van der Waals surface area contributed by atoms with Crippen molar-refractivity contribution in [3.05, 3.63) is 50.9 Å². The first-order valence-corrected chi connectivity index (χ1v) is 5.52. The number of hydrogen-bond donors (Lipinski definition) is 1. The summed E-state index contributed by atoms with van der Waals surface area (Å²) in [6, 6.07) is 3.94. The van der Waals surface area contributed by atoms with Gasteiger partial charge >= 0.3 is 5.88 Å². The number of anilines is 1. The second-order valence-electron chi connectivity index (χ2n) is 3.20. The molecule has 18 heavy (non-hydrogen) atoms. The van der Waals surface area contributed by atoms with E-state index < -0.39 is 16.7 Å². The molecule has 7 nitrogen and oxygen atoms in total. The maximum Gasteiger partial charge on any atom is 0.433 e. The zero-order valence-corrected chi connectivity index (χ0v) is 10.4. The van der Waals surface area contributed by atoms with Crippen LogP contribution in [0.25, 0.3) is 0 Å². The Morgan fingerprint density at radius 3 is 2.83 bits per heavy atom. The van der Waals surface area contributed by atoms with Crippen molar-refractivity contribution in [3.8, 4) is 0 Å². The van der Waals surface area contributed by atoms with Crippen molar-refractivity contribution >= 4 is 33.4 Å². The monoisotopic (exact) mass is 311 g/mol. The summed E-state index contributed by atoms with van der Waals surface area (Å²) in [4.78, 5) is 25.3. The Kier molecular flexibility index (Phi) is 3.38. The quantitative estimate of drug-likeness (QED) is 0.694. The van der Waals surface area contributed by atoms with Crippen molar-refractivity contribution in [2.45, 2.75) is 0 Å². The number of nitrogens with one attached hydrogen (secondary N) is 1. The molecular weight excluding hydrogens is 306 g/mol. The number of rotatable bonds is 3. The fourth-order valence-corrected chi connectivity index (χ4v) is 1.56. The molecule has 2 heterocycles. The summed E-state index contributed by atoms with van der Waals surface area (Å²) in [5.74, 6) is -1.19. The van der Waals surface area contributed by atoms with Crippen molar-refractivity contribution in [2.75, 3.05) is 5.32 Å². The van der Waals surface area contributed by atoms with Crippen LogP contribution in [0.1, 0.15) is 10.6 Å². The number of halogens is 1. The number of furan rings is 1. The van der Waals surface area contributed by atoms with Crippen LogP contribution in [0.4, 0.5) is 11.6 Å². The SMILES string of the molecule is O=C(Nc1ccncc1Br)c1ccc([N+](=O)[O-])o1. The van der Waals surface area contributed by atoms with Gasteiger partial charge in [0.05, 0.1) is 16.2 Å². The zero-order valence-electron chi connectivity index (χ0n) is 8.79. The molecule has 92 valence electrons. The molecule has 0 saturated carbocycles. The van der Waals surface area contributed by atoms with Gasteiger partial charge in [0.1, 0.15) is 4.92 Å². The predicted octanol–water partition coefficient (Wildman–Crippen LogP) is 2.60. The van der Waals surface area contributed by atoms with Crippen molar-refractivity contribution in [2.24, 2.45) is 0 Å². The second kappa shape index (κ2) is 4.96. The van der Waals surface area contributed by atoms with Gasteiger partial charge in [-0.15, -0.1) is 0 Å². The van der Waals surface area contributed by atoms with Crippen LogP contribution in [0.2, 0.25) is 0 Å². The summed E-state index contributed by atoms with van der Waals surface area (Å²) in [5, 5.41) is 13.0. The van der Waals surface area contributed by atoms with E-state index in [1.165, 1.54) is 18.5 Å². The molecule has 2 rings (SSSR count). The Labute approximate surface area is 109 Å². The highest BCUT2D eigenvalue weighted by Gasteiger charge is 2.17. The van der Waals surface area contributed by atoms with Gasteiger partial charge in [-0.2, -0.15) is 0 Å². The van der Waals surface area contributed by atoms with E-state index in [0.29, 0.717) is 10.2 Å².